The first-order valence-corrected chi connectivity index (χ1v) is 7.43. The fraction of sp³-hybridized carbons (Fsp3) is 0.200. The average Bonchev–Trinajstić information content (AvgIpc) is 2.56. The molecule has 0 N–H and O–H groups in total. The van der Waals surface area contributed by atoms with Gasteiger partial charge in [0, 0.05) is 17.4 Å². The number of nitrogens with zero attached hydrogens (tertiary/aromatic N) is 1. The summed E-state index contributed by atoms with van der Waals surface area (Å²) in [5.74, 6) is 0. The Morgan fingerprint density at radius 3 is 1.52 bits per heavy atom. The Hall–Kier alpha value is -2.28. The van der Waals surface area contributed by atoms with Crippen molar-refractivity contribution in [3.05, 3.63) is 72.8 Å². The molecular weight excluding hydrogens is 254 g/mol. The van der Waals surface area contributed by atoms with Crippen LogP contribution in [0.5, 0.6) is 0 Å². The third-order valence-electron chi connectivity index (χ3n) is 3.85. The highest BCUT2D eigenvalue weighted by molar-refractivity contribution is 5.67. The summed E-state index contributed by atoms with van der Waals surface area (Å²) in [5, 5.41) is 0. The highest BCUT2D eigenvalue weighted by Crippen LogP contribution is 2.29. The van der Waals surface area contributed by atoms with Crippen molar-refractivity contribution in [1.29, 1.82) is 0 Å². The third-order valence-corrected chi connectivity index (χ3v) is 3.85. The van der Waals surface area contributed by atoms with Crippen LogP contribution < -0.4 is 4.90 Å². The zero-order valence-electron chi connectivity index (χ0n) is 12.9. The molecule has 2 aromatic rings. The molecule has 1 atom stereocenters. The van der Waals surface area contributed by atoms with E-state index in [0.29, 0.717) is 6.04 Å². The van der Waals surface area contributed by atoms with Gasteiger partial charge in [0.25, 0.3) is 0 Å². The lowest BCUT2D eigenvalue weighted by Gasteiger charge is -2.31. The Morgan fingerprint density at radius 1 is 0.857 bits per heavy atom. The Bertz CT molecular complexity index is 541. The summed E-state index contributed by atoms with van der Waals surface area (Å²) in [6.07, 6.45) is 4.83. The van der Waals surface area contributed by atoms with Crippen LogP contribution in [0.2, 0.25) is 0 Å². The van der Waals surface area contributed by atoms with Gasteiger partial charge >= 0.3 is 0 Å². The van der Waals surface area contributed by atoms with Gasteiger partial charge in [0.2, 0.25) is 0 Å². The zero-order valence-corrected chi connectivity index (χ0v) is 12.9. The molecule has 0 aromatic heterocycles. The van der Waals surface area contributed by atoms with Gasteiger partial charge in [0.15, 0.2) is 0 Å². The Labute approximate surface area is 128 Å². The van der Waals surface area contributed by atoms with E-state index in [1.165, 1.54) is 11.4 Å². The monoisotopic (exact) mass is 277 g/mol. The second-order valence-electron chi connectivity index (χ2n) is 5.22. The van der Waals surface area contributed by atoms with Crippen molar-refractivity contribution < 1.29 is 0 Å². The van der Waals surface area contributed by atoms with E-state index in [1.807, 2.05) is 12.2 Å². The number of rotatable bonds is 6. The molecule has 0 aliphatic carbocycles. The van der Waals surface area contributed by atoms with Gasteiger partial charge in [0.05, 0.1) is 0 Å². The first kappa shape index (κ1) is 15.1. The zero-order chi connectivity index (χ0) is 15.2. The van der Waals surface area contributed by atoms with E-state index in [0.717, 1.165) is 17.5 Å². The maximum Gasteiger partial charge on any atom is 0.0413 e. The summed E-state index contributed by atoms with van der Waals surface area (Å²) in [4.78, 5) is 2.37. The molecule has 21 heavy (non-hydrogen) atoms. The fourth-order valence-electron chi connectivity index (χ4n) is 2.38. The van der Waals surface area contributed by atoms with E-state index < -0.39 is 0 Å². The molecule has 0 fully saturated rings. The Balaban J connectivity index is 2.40. The molecule has 0 spiro atoms. The van der Waals surface area contributed by atoms with Crippen molar-refractivity contribution in [2.24, 2.45) is 0 Å². The van der Waals surface area contributed by atoms with E-state index >= 15 is 0 Å². The van der Waals surface area contributed by atoms with Crippen molar-refractivity contribution >= 4 is 23.5 Å². The number of hydrogen-bond acceptors (Lipinski definition) is 1. The van der Waals surface area contributed by atoms with Crippen molar-refractivity contribution in [3.63, 3.8) is 0 Å². The van der Waals surface area contributed by atoms with Gasteiger partial charge in [-0.3, -0.25) is 0 Å². The van der Waals surface area contributed by atoms with Crippen LogP contribution in [0.4, 0.5) is 11.4 Å². The first-order chi connectivity index (χ1) is 10.2. The first-order valence-electron chi connectivity index (χ1n) is 7.43. The van der Waals surface area contributed by atoms with E-state index in [-0.39, 0.29) is 0 Å². The van der Waals surface area contributed by atoms with Gasteiger partial charge in [-0.05, 0) is 48.7 Å². The molecule has 0 saturated heterocycles. The van der Waals surface area contributed by atoms with Crippen LogP contribution in [0.25, 0.3) is 12.2 Å². The topological polar surface area (TPSA) is 3.24 Å². The summed E-state index contributed by atoms with van der Waals surface area (Å²) in [6.45, 7) is 12.1. The third kappa shape index (κ3) is 3.43. The largest absolute Gasteiger partial charge is 0.339 e. The molecule has 0 heterocycles. The molecule has 0 aliphatic rings. The van der Waals surface area contributed by atoms with E-state index in [1.54, 1.807) is 0 Å². The molecule has 2 aromatic carbocycles. The van der Waals surface area contributed by atoms with Crippen LogP contribution in [0.1, 0.15) is 31.4 Å². The van der Waals surface area contributed by atoms with Crippen LogP contribution >= 0.6 is 0 Å². The molecular formula is C20H23N. The average molecular weight is 277 g/mol. The highest BCUT2D eigenvalue weighted by Gasteiger charge is 2.15. The molecule has 0 unspecified atom stereocenters. The lowest BCUT2D eigenvalue weighted by Crippen LogP contribution is -2.27. The van der Waals surface area contributed by atoms with Gasteiger partial charge in [-0.2, -0.15) is 0 Å². The van der Waals surface area contributed by atoms with Crippen LogP contribution in [-0.4, -0.2) is 6.04 Å². The van der Waals surface area contributed by atoms with Gasteiger partial charge in [-0.15, -0.1) is 0 Å². The van der Waals surface area contributed by atoms with Crippen LogP contribution in [0, 0.1) is 0 Å². The van der Waals surface area contributed by atoms with Gasteiger partial charge in [-0.1, -0.05) is 56.5 Å². The summed E-state index contributed by atoms with van der Waals surface area (Å²) < 4.78 is 0. The second-order valence-corrected chi connectivity index (χ2v) is 5.22. The maximum absolute atomic E-state index is 3.81. The Kier molecular flexibility index (Phi) is 4.99. The minimum atomic E-state index is 0.439. The van der Waals surface area contributed by atoms with Crippen LogP contribution in [0.15, 0.2) is 61.7 Å². The molecule has 0 amide bonds. The minimum absolute atomic E-state index is 0.439. The number of anilines is 2. The smallest absolute Gasteiger partial charge is 0.0413 e. The summed E-state index contributed by atoms with van der Waals surface area (Å²) >= 11 is 0. The van der Waals surface area contributed by atoms with Crippen molar-refractivity contribution in [2.75, 3.05) is 4.90 Å². The van der Waals surface area contributed by atoms with Gasteiger partial charge < -0.3 is 4.90 Å². The van der Waals surface area contributed by atoms with E-state index in [4.69, 9.17) is 0 Å². The summed E-state index contributed by atoms with van der Waals surface area (Å²) in [6, 6.07) is 17.5. The normalized spacial score (nSPS) is 11.7. The lowest BCUT2D eigenvalue weighted by molar-refractivity contribution is 0.688. The predicted molar refractivity (Wildman–Crippen MR) is 95.0 cm³/mol. The Morgan fingerprint density at radius 2 is 1.24 bits per heavy atom. The predicted octanol–water partition coefficient (Wildman–Crippen LogP) is 5.91. The summed E-state index contributed by atoms with van der Waals surface area (Å²) in [5.41, 5.74) is 4.71. The van der Waals surface area contributed by atoms with Gasteiger partial charge in [-0.25, -0.2) is 0 Å². The van der Waals surface area contributed by atoms with Crippen LogP contribution in [-0.2, 0) is 0 Å². The molecule has 1 heteroatoms. The summed E-state index contributed by atoms with van der Waals surface area (Å²) in [7, 11) is 0. The van der Waals surface area contributed by atoms with Crippen molar-refractivity contribution in [3.8, 4) is 0 Å². The van der Waals surface area contributed by atoms with Gasteiger partial charge in [0.1, 0.15) is 0 Å². The standard InChI is InChI=1S/C20H23N/c1-5-16(4)21(19-12-8-17(6-2)9-13-19)20-14-10-18(7-3)11-15-20/h6-16H,2-3,5H2,1,4H3/t16-/m0/s1. The second kappa shape index (κ2) is 6.94. The van der Waals surface area contributed by atoms with E-state index in [9.17, 15) is 0 Å². The molecule has 0 saturated carbocycles. The molecule has 1 nitrogen and oxygen atoms in total. The highest BCUT2D eigenvalue weighted by atomic mass is 15.2. The van der Waals surface area contributed by atoms with Crippen molar-refractivity contribution in [1.82, 2.24) is 0 Å². The SMILES string of the molecule is C=Cc1ccc(N(c2ccc(C=C)cc2)[C@@H](C)CC)cc1. The van der Waals surface area contributed by atoms with E-state index in [2.05, 4.69) is 80.4 Å². The maximum atomic E-state index is 3.81. The van der Waals surface area contributed by atoms with Crippen LogP contribution in [0.3, 0.4) is 0 Å². The number of benzene rings is 2. The molecule has 2 rings (SSSR count). The fourth-order valence-corrected chi connectivity index (χ4v) is 2.38. The molecule has 0 aliphatic heterocycles. The molecule has 0 radical (unpaired) electrons. The molecule has 0 bridgehead atoms. The number of hydrogen-bond donors (Lipinski definition) is 0. The molecule has 108 valence electrons. The lowest BCUT2D eigenvalue weighted by atomic mass is 10.1. The minimum Gasteiger partial charge on any atom is -0.339 e. The van der Waals surface area contributed by atoms with Crippen molar-refractivity contribution in [2.45, 2.75) is 26.3 Å². The quantitative estimate of drug-likeness (QED) is 0.634.